The van der Waals surface area contributed by atoms with E-state index in [0.717, 1.165) is 23.0 Å². The second-order valence-electron chi connectivity index (χ2n) is 8.76. The Morgan fingerprint density at radius 3 is 2.43 bits per heavy atom. The number of carbonyl (C=O) groups is 1. The highest BCUT2D eigenvalue weighted by atomic mass is 32.2. The topological polar surface area (TPSA) is 44.8 Å². The number of hydrogen-bond donors (Lipinski definition) is 0. The molecule has 0 aromatic heterocycles. The van der Waals surface area contributed by atoms with Crippen molar-refractivity contribution in [1.82, 2.24) is 0 Å². The van der Waals surface area contributed by atoms with E-state index in [0.29, 0.717) is 48.6 Å². The summed E-state index contributed by atoms with van der Waals surface area (Å²) in [4.78, 5) is 11.9. The van der Waals surface area contributed by atoms with Crippen LogP contribution in [0.25, 0.3) is 6.08 Å². The zero-order valence-corrected chi connectivity index (χ0v) is 22.6. The lowest BCUT2D eigenvalue weighted by Gasteiger charge is -2.22. The van der Waals surface area contributed by atoms with Crippen molar-refractivity contribution in [2.75, 3.05) is 19.8 Å². The third-order valence-electron chi connectivity index (χ3n) is 5.30. The Kier molecular flexibility index (Phi) is 11.8. The lowest BCUT2D eigenvalue weighted by molar-refractivity contribution is -0.104. The summed E-state index contributed by atoms with van der Waals surface area (Å²) in [6.45, 7) is 5.58. The molecule has 37 heavy (non-hydrogen) atoms. The fourth-order valence-corrected chi connectivity index (χ4v) is 4.21. The van der Waals surface area contributed by atoms with Crippen LogP contribution in [0.4, 0.5) is 4.39 Å². The molecule has 3 aromatic carbocycles. The molecule has 0 aliphatic heterocycles. The summed E-state index contributed by atoms with van der Waals surface area (Å²) in [6, 6.07) is 21.8. The van der Waals surface area contributed by atoms with Crippen LogP contribution in [0.2, 0.25) is 0 Å². The monoisotopic (exact) mass is 538 g/mol. The fraction of sp³-hybridized carbons (Fsp3) is 0.267. The van der Waals surface area contributed by atoms with Gasteiger partial charge in [-0.15, -0.1) is 0 Å². The van der Waals surface area contributed by atoms with Crippen molar-refractivity contribution >= 4 is 41.0 Å². The van der Waals surface area contributed by atoms with Gasteiger partial charge < -0.3 is 14.2 Å². The van der Waals surface area contributed by atoms with Crippen molar-refractivity contribution in [1.29, 1.82) is 0 Å². The van der Waals surface area contributed by atoms with Crippen molar-refractivity contribution in [3.8, 4) is 11.5 Å². The van der Waals surface area contributed by atoms with Crippen molar-refractivity contribution in [3.63, 3.8) is 0 Å². The summed E-state index contributed by atoms with van der Waals surface area (Å²) in [5.74, 6) is 1.24. The Bertz CT molecular complexity index is 1160. The van der Waals surface area contributed by atoms with Gasteiger partial charge in [-0.3, -0.25) is 4.79 Å². The number of rotatable bonds is 15. The molecular weight excluding hydrogens is 507 g/mol. The Morgan fingerprint density at radius 1 is 1.00 bits per heavy atom. The van der Waals surface area contributed by atoms with E-state index in [2.05, 4.69) is 13.8 Å². The van der Waals surface area contributed by atoms with Gasteiger partial charge in [0.2, 0.25) is 0 Å². The average molecular weight is 539 g/mol. The molecule has 1 atom stereocenters. The molecule has 0 aliphatic rings. The summed E-state index contributed by atoms with van der Waals surface area (Å²) >= 11 is 6.06. The third kappa shape index (κ3) is 9.76. The smallest absolute Gasteiger partial charge is 0.162 e. The summed E-state index contributed by atoms with van der Waals surface area (Å²) in [5.41, 5.74) is 2.73. The van der Waals surface area contributed by atoms with Crippen molar-refractivity contribution in [2.45, 2.75) is 26.4 Å². The number of halogens is 1. The van der Waals surface area contributed by atoms with E-state index in [1.54, 1.807) is 18.2 Å². The van der Waals surface area contributed by atoms with Crippen LogP contribution in [0.1, 0.15) is 36.6 Å². The number of hydrogen-bond acceptors (Lipinski definition) is 6. The number of thiocarbonyl (C=S) groups is 1. The van der Waals surface area contributed by atoms with Crippen LogP contribution < -0.4 is 9.47 Å². The van der Waals surface area contributed by atoms with Gasteiger partial charge in [0.05, 0.1) is 18.1 Å². The van der Waals surface area contributed by atoms with E-state index >= 15 is 0 Å². The maximum atomic E-state index is 13.2. The molecule has 194 valence electrons. The van der Waals surface area contributed by atoms with Gasteiger partial charge in [0.1, 0.15) is 11.9 Å². The Balaban J connectivity index is 1.86. The SMILES string of the molecule is CC(C)COCC(Oc1cc(/C=C(/C=O)SC=S)ccc1OCCc1ccc(F)cc1)c1ccccc1. The number of thioether (sulfide) groups is 1. The first-order chi connectivity index (χ1) is 18.0. The molecule has 1 unspecified atom stereocenters. The first-order valence-corrected chi connectivity index (χ1v) is 13.4. The number of ether oxygens (including phenoxy) is 3. The largest absolute Gasteiger partial charge is 0.489 e. The van der Waals surface area contributed by atoms with Gasteiger partial charge in [0.25, 0.3) is 0 Å². The van der Waals surface area contributed by atoms with Crippen LogP contribution >= 0.6 is 24.0 Å². The Morgan fingerprint density at radius 2 is 1.76 bits per heavy atom. The van der Waals surface area contributed by atoms with E-state index in [1.807, 2.05) is 48.5 Å². The molecule has 0 N–H and O–H groups in total. The Labute approximate surface area is 227 Å². The highest BCUT2D eigenvalue weighted by molar-refractivity contribution is 8.23. The zero-order valence-electron chi connectivity index (χ0n) is 21.0. The normalized spacial score (nSPS) is 12.3. The second kappa shape index (κ2) is 15.3. The average Bonchev–Trinajstić information content (AvgIpc) is 2.90. The predicted octanol–water partition coefficient (Wildman–Crippen LogP) is 7.47. The molecule has 0 fully saturated rings. The summed E-state index contributed by atoms with van der Waals surface area (Å²) in [5, 5.41) is 0. The molecule has 3 aromatic rings. The summed E-state index contributed by atoms with van der Waals surface area (Å²) in [6.07, 6.45) is 2.77. The molecule has 0 spiro atoms. The first-order valence-electron chi connectivity index (χ1n) is 12.1. The minimum absolute atomic E-state index is 0.267. The van der Waals surface area contributed by atoms with Gasteiger partial charge >= 0.3 is 0 Å². The number of benzene rings is 3. The molecule has 0 radical (unpaired) electrons. The first kappa shape index (κ1) is 28.6. The molecule has 0 aliphatic carbocycles. The third-order valence-corrected chi connectivity index (χ3v) is 6.17. The molecule has 0 bridgehead atoms. The second-order valence-corrected chi connectivity index (χ2v) is 10.2. The molecule has 0 saturated carbocycles. The minimum atomic E-state index is -0.362. The highest BCUT2D eigenvalue weighted by Crippen LogP contribution is 2.34. The standard InChI is InChI=1S/C30H31FO4S2/c1-22(2)19-33-20-30(25-6-4-3-5-7-25)35-29-17-24(16-27(18-32)37-21-36)10-13-28(29)34-15-14-23-8-11-26(31)12-9-23/h3-13,16-18,21-22,30H,14-15,19-20H2,1-2H3/b27-16-. The van der Waals surface area contributed by atoms with Crippen molar-refractivity contribution in [3.05, 3.63) is 100 Å². The summed E-state index contributed by atoms with van der Waals surface area (Å²) < 4.78 is 33.2. The van der Waals surface area contributed by atoms with Gasteiger partial charge in [-0.05, 0) is 52.9 Å². The van der Waals surface area contributed by atoms with Gasteiger partial charge in [0.15, 0.2) is 17.8 Å². The van der Waals surface area contributed by atoms with E-state index in [-0.39, 0.29) is 11.9 Å². The quantitative estimate of drug-likeness (QED) is 0.114. The molecule has 0 amide bonds. The molecule has 4 nitrogen and oxygen atoms in total. The molecule has 0 heterocycles. The van der Waals surface area contributed by atoms with Crippen LogP contribution in [-0.4, -0.2) is 30.8 Å². The van der Waals surface area contributed by atoms with Gasteiger partial charge in [-0.1, -0.05) is 86.4 Å². The van der Waals surface area contributed by atoms with Crippen LogP contribution in [0.3, 0.4) is 0 Å². The van der Waals surface area contributed by atoms with Gasteiger partial charge in [-0.2, -0.15) is 0 Å². The van der Waals surface area contributed by atoms with E-state index in [4.69, 9.17) is 26.4 Å². The maximum Gasteiger partial charge on any atom is 0.162 e. The van der Waals surface area contributed by atoms with Crippen LogP contribution in [0, 0.1) is 11.7 Å². The fourth-order valence-electron chi connectivity index (χ4n) is 3.50. The molecule has 0 saturated heterocycles. The number of carbonyl (C=O) groups excluding carboxylic acids is 1. The highest BCUT2D eigenvalue weighted by Gasteiger charge is 2.18. The Hall–Kier alpha value is -3.00. The van der Waals surface area contributed by atoms with Crippen LogP contribution in [0.5, 0.6) is 11.5 Å². The van der Waals surface area contributed by atoms with Gasteiger partial charge in [0, 0.05) is 17.7 Å². The predicted molar refractivity (Wildman–Crippen MR) is 153 cm³/mol. The van der Waals surface area contributed by atoms with Crippen LogP contribution in [-0.2, 0) is 16.0 Å². The van der Waals surface area contributed by atoms with Crippen molar-refractivity contribution < 1.29 is 23.4 Å². The van der Waals surface area contributed by atoms with Crippen LogP contribution in [0.15, 0.2) is 77.7 Å². The summed E-state index contributed by atoms with van der Waals surface area (Å²) in [7, 11) is 0. The number of aldehydes is 1. The van der Waals surface area contributed by atoms with E-state index in [9.17, 15) is 9.18 Å². The minimum Gasteiger partial charge on any atom is -0.489 e. The lowest BCUT2D eigenvalue weighted by Crippen LogP contribution is -2.17. The number of allylic oxidation sites excluding steroid dienone is 1. The van der Waals surface area contributed by atoms with E-state index < -0.39 is 0 Å². The molecule has 3 rings (SSSR count). The van der Waals surface area contributed by atoms with Crippen molar-refractivity contribution in [2.24, 2.45) is 5.92 Å². The van der Waals surface area contributed by atoms with E-state index in [1.165, 1.54) is 28.6 Å². The lowest BCUT2D eigenvalue weighted by atomic mass is 10.1. The van der Waals surface area contributed by atoms with Gasteiger partial charge in [-0.25, -0.2) is 4.39 Å². The zero-order chi connectivity index (χ0) is 26.5. The maximum absolute atomic E-state index is 13.2. The molecule has 7 heteroatoms. The molecular formula is C30H31FO4S2.